The van der Waals surface area contributed by atoms with Crippen LogP contribution in [-0.2, 0) is 11.3 Å². The average Bonchev–Trinajstić information content (AvgIpc) is 2.32. The van der Waals surface area contributed by atoms with Crippen LogP contribution in [0.1, 0.15) is 18.3 Å². The molecule has 82 valence electrons. The van der Waals surface area contributed by atoms with Crippen molar-refractivity contribution in [3.63, 3.8) is 0 Å². The molecule has 1 N–H and O–H groups in total. The Kier molecular flexibility index (Phi) is 3.68. The Bertz CT molecular complexity index is 421. The van der Waals surface area contributed by atoms with Gasteiger partial charge in [-0.3, -0.25) is 4.68 Å². The maximum atomic E-state index is 10.4. The Hall–Kier alpha value is -1.10. The lowest BCUT2D eigenvalue weighted by atomic mass is 10.3. The van der Waals surface area contributed by atoms with Crippen LogP contribution in [0.5, 0.6) is 0 Å². The van der Waals surface area contributed by atoms with Gasteiger partial charge in [0.25, 0.3) is 0 Å². The van der Waals surface area contributed by atoms with Gasteiger partial charge in [-0.05, 0) is 42.3 Å². The predicted octanol–water partition coefficient (Wildman–Crippen LogP) is 2.29. The van der Waals surface area contributed by atoms with E-state index in [0.29, 0.717) is 6.54 Å². The van der Waals surface area contributed by atoms with Gasteiger partial charge in [0.2, 0.25) is 0 Å². The first-order valence-electron chi connectivity index (χ1n) is 4.51. The van der Waals surface area contributed by atoms with Gasteiger partial charge in [0, 0.05) is 6.08 Å². The minimum Gasteiger partial charge on any atom is -0.478 e. The Morgan fingerprint density at radius 1 is 1.60 bits per heavy atom. The van der Waals surface area contributed by atoms with Gasteiger partial charge in [-0.1, -0.05) is 0 Å². The van der Waals surface area contributed by atoms with Crippen molar-refractivity contribution in [1.29, 1.82) is 0 Å². The summed E-state index contributed by atoms with van der Waals surface area (Å²) < 4.78 is 2.76. The van der Waals surface area contributed by atoms with Crippen molar-refractivity contribution < 1.29 is 9.90 Å². The number of aromatic nitrogens is 2. The molecule has 0 amide bonds. The van der Waals surface area contributed by atoms with Gasteiger partial charge in [0.15, 0.2) is 0 Å². The molecule has 0 radical (unpaired) electrons. The minimum atomic E-state index is -0.923. The molecule has 0 unspecified atom stereocenters. The van der Waals surface area contributed by atoms with Crippen molar-refractivity contribution in [2.75, 3.05) is 0 Å². The second-order valence-electron chi connectivity index (χ2n) is 3.47. The maximum Gasteiger partial charge on any atom is 0.328 e. The molecule has 0 bridgehead atoms. The normalized spacial score (nSPS) is 11.9. The molecule has 0 spiro atoms. The van der Waals surface area contributed by atoms with Gasteiger partial charge >= 0.3 is 5.97 Å². The molecule has 15 heavy (non-hydrogen) atoms. The van der Waals surface area contributed by atoms with E-state index in [1.54, 1.807) is 11.6 Å². The Labute approximate surface area is 96.7 Å². The second-order valence-corrected chi connectivity index (χ2v) is 4.26. The highest BCUT2D eigenvalue weighted by Crippen LogP contribution is 2.20. The third-order valence-electron chi connectivity index (χ3n) is 2.06. The van der Waals surface area contributed by atoms with Crippen molar-refractivity contribution in [2.45, 2.75) is 27.3 Å². The molecule has 0 aliphatic heterocycles. The van der Waals surface area contributed by atoms with Crippen LogP contribution >= 0.6 is 15.9 Å². The number of nitrogens with zero attached hydrogens (tertiary/aromatic N) is 2. The molecule has 1 heterocycles. The highest BCUT2D eigenvalue weighted by Gasteiger charge is 2.08. The standard InChI is InChI=1S/C10H13BrN2O2/c1-6(4-9(14)15)5-13-8(3)10(11)7(2)12-13/h4H,5H2,1-3H3,(H,14,15). The molecule has 1 aromatic rings. The third-order valence-corrected chi connectivity index (χ3v) is 3.21. The number of carbonyl (C=O) groups is 1. The summed E-state index contributed by atoms with van der Waals surface area (Å²) in [5, 5.41) is 12.9. The zero-order valence-corrected chi connectivity index (χ0v) is 10.5. The summed E-state index contributed by atoms with van der Waals surface area (Å²) in [5.74, 6) is -0.923. The Morgan fingerprint density at radius 2 is 2.20 bits per heavy atom. The molecule has 0 aliphatic rings. The number of aryl methyl sites for hydroxylation is 1. The van der Waals surface area contributed by atoms with Crippen LogP contribution in [0.4, 0.5) is 0 Å². The topological polar surface area (TPSA) is 55.1 Å². The van der Waals surface area contributed by atoms with Crippen molar-refractivity contribution in [3.8, 4) is 0 Å². The first kappa shape index (κ1) is 12.0. The van der Waals surface area contributed by atoms with Crippen molar-refractivity contribution in [1.82, 2.24) is 9.78 Å². The molecule has 0 fully saturated rings. The van der Waals surface area contributed by atoms with E-state index >= 15 is 0 Å². The Balaban J connectivity index is 2.90. The van der Waals surface area contributed by atoms with Gasteiger partial charge in [0.1, 0.15) is 0 Å². The Morgan fingerprint density at radius 3 is 2.60 bits per heavy atom. The fourth-order valence-electron chi connectivity index (χ4n) is 1.32. The lowest BCUT2D eigenvalue weighted by Gasteiger charge is -2.03. The molecule has 0 saturated carbocycles. The summed E-state index contributed by atoms with van der Waals surface area (Å²) in [6.07, 6.45) is 1.20. The molecule has 0 saturated heterocycles. The van der Waals surface area contributed by atoms with E-state index in [2.05, 4.69) is 21.0 Å². The first-order valence-corrected chi connectivity index (χ1v) is 5.30. The molecule has 0 atom stereocenters. The van der Waals surface area contributed by atoms with Gasteiger partial charge in [-0.2, -0.15) is 5.10 Å². The summed E-state index contributed by atoms with van der Waals surface area (Å²) in [6, 6.07) is 0. The van der Waals surface area contributed by atoms with E-state index in [9.17, 15) is 4.79 Å². The van der Waals surface area contributed by atoms with Gasteiger partial charge < -0.3 is 5.11 Å². The highest BCUT2D eigenvalue weighted by atomic mass is 79.9. The number of carboxylic acids is 1. The molecule has 1 aromatic heterocycles. The summed E-state index contributed by atoms with van der Waals surface area (Å²) in [5.41, 5.74) is 2.68. The summed E-state index contributed by atoms with van der Waals surface area (Å²) >= 11 is 3.42. The molecule has 5 heteroatoms. The van der Waals surface area contributed by atoms with E-state index < -0.39 is 5.97 Å². The van der Waals surface area contributed by atoms with E-state index in [4.69, 9.17) is 5.11 Å². The molecular formula is C10H13BrN2O2. The number of hydrogen-bond acceptors (Lipinski definition) is 2. The maximum absolute atomic E-state index is 10.4. The molecule has 1 rings (SSSR count). The van der Waals surface area contributed by atoms with Crippen molar-refractivity contribution in [3.05, 3.63) is 27.5 Å². The van der Waals surface area contributed by atoms with Crippen LogP contribution in [-0.4, -0.2) is 20.9 Å². The van der Waals surface area contributed by atoms with E-state index in [-0.39, 0.29) is 0 Å². The monoisotopic (exact) mass is 272 g/mol. The van der Waals surface area contributed by atoms with Crippen LogP contribution in [0.25, 0.3) is 0 Å². The minimum absolute atomic E-state index is 0.505. The van der Waals surface area contributed by atoms with Crippen LogP contribution in [0.2, 0.25) is 0 Å². The smallest absolute Gasteiger partial charge is 0.328 e. The number of allylic oxidation sites excluding steroid dienone is 1. The zero-order valence-electron chi connectivity index (χ0n) is 8.91. The number of rotatable bonds is 3. The van der Waals surface area contributed by atoms with Gasteiger partial charge in [0.05, 0.1) is 22.4 Å². The van der Waals surface area contributed by atoms with Crippen LogP contribution in [0, 0.1) is 13.8 Å². The molecule has 0 aliphatic carbocycles. The zero-order chi connectivity index (χ0) is 11.6. The predicted molar refractivity (Wildman–Crippen MR) is 60.8 cm³/mol. The number of halogens is 1. The molecule has 4 nitrogen and oxygen atoms in total. The number of carboxylic acid groups (broad SMARTS) is 1. The summed E-state index contributed by atoms with van der Waals surface area (Å²) in [6.45, 7) is 6.13. The van der Waals surface area contributed by atoms with Crippen LogP contribution in [0.15, 0.2) is 16.1 Å². The largest absolute Gasteiger partial charge is 0.478 e. The van der Waals surface area contributed by atoms with E-state index in [1.807, 2.05) is 13.8 Å². The van der Waals surface area contributed by atoms with Crippen molar-refractivity contribution >= 4 is 21.9 Å². The SMILES string of the molecule is CC(=CC(=O)O)Cn1nc(C)c(Br)c1C. The third kappa shape index (κ3) is 2.92. The summed E-state index contributed by atoms with van der Waals surface area (Å²) in [7, 11) is 0. The summed E-state index contributed by atoms with van der Waals surface area (Å²) in [4.78, 5) is 10.4. The van der Waals surface area contributed by atoms with Gasteiger partial charge in [-0.25, -0.2) is 4.79 Å². The van der Waals surface area contributed by atoms with Crippen LogP contribution < -0.4 is 0 Å². The first-order chi connectivity index (χ1) is 6.91. The number of hydrogen-bond donors (Lipinski definition) is 1. The van der Waals surface area contributed by atoms with Gasteiger partial charge in [-0.15, -0.1) is 0 Å². The van der Waals surface area contributed by atoms with Crippen molar-refractivity contribution in [2.24, 2.45) is 0 Å². The second kappa shape index (κ2) is 4.61. The fourth-order valence-corrected chi connectivity index (χ4v) is 1.61. The van der Waals surface area contributed by atoms with Crippen LogP contribution in [0.3, 0.4) is 0 Å². The lowest BCUT2D eigenvalue weighted by Crippen LogP contribution is -2.05. The molecule has 0 aromatic carbocycles. The quantitative estimate of drug-likeness (QED) is 0.860. The van der Waals surface area contributed by atoms with E-state index in [0.717, 1.165) is 21.4 Å². The molecular weight excluding hydrogens is 260 g/mol. The van der Waals surface area contributed by atoms with E-state index in [1.165, 1.54) is 6.08 Å². The fraction of sp³-hybridized carbons (Fsp3) is 0.400. The average molecular weight is 273 g/mol. The highest BCUT2D eigenvalue weighted by molar-refractivity contribution is 9.10. The lowest BCUT2D eigenvalue weighted by molar-refractivity contribution is -0.131. The number of aliphatic carboxylic acids is 1.